The fourth-order valence-corrected chi connectivity index (χ4v) is 4.46. The van der Waals surface area contributed by atoms with Crippen molar-refractivity contribution in [2.45, 2.75) is 57.5 Å². The number of esters is 1. The van der Waals surface area contributed by atoms with E-state index in [-0.39, 0.29) is 49.1 Å². The average molecular weight is 449 g/mol. The van der Waals surface area contributed by atoms with Gasteiger partial charge in [0.2, 0.25) is 0 Å². The van der Waals surface area contributed by atoms with Gasteiger partial charge in [-0.3, -0.25) is 0 Å². The van der Waals surface area contributed by atoms with Crippen LogP contribution < -0.4 is 4.74 Å². The molecule has 1 aliphatic heterocycles. The molecule has 1 saturated carbocycles. The molecule has 0 unspecified atom stereocenters. The molecule has 0 bridgehead atoms. The molecular weight excluding hydrogens is 412 g/mol. The molecular formula is C25H36O7. The van der Waals surface area contributed by atoms with Gasteiger partial charge < -0.3 is 29.2 Å². The predicted octanol–water partition coefficient (Wildman–Crippen LogP) is 2.74. The maximum Gasteiger partial charge on any atom is 0.332 e. The summed E-state index contributed by atoms with van der Waals surface area (Å²) in [4.78, 5) is 11.6. The highest BCUT2D eigenvalue weighted by atomic mass is 16.6. The Labute approximate surface area is 190 Å². The molecule has 2 N–H and O–H groups in total. The van der Waals surface area contributed by atoms with Crippen LogP contribution in [0.4, 0.5) is 0 Å². The van der Waals surface area contributed by atoms with Crippen molar-refractivity contribution in [3.63, 3.8) is 0 Å². The summed E-state index contributed by atoms with van der Waals surface area (Å²) in [7, 11) is 0. The number of benzene rings is 1. The third-order valence-electron chi connectivity index (χ3n) is 6.00. The number of ether oxygens (including phenoxy) is 4. The fourth-order valence-electron chi connectivity index (χ4n) is 4.46. The van der Waals surface area contributed by atoms with Gasteiger partial charge in [0, 0.05) is 18.3 Å². The summed E-state index contributed by atoms with van der Waals surface area (Å²) in [6, 6.07) is 9.37. The second-order valence-corrected chi connectivity index (χ2v) is 8.99. The maximum absolute atomic E-state index is 11.6. The van der Waals surface area contributed by atoms with Gasteiger partial charge in [0.15, 0.2) is 0 Å². The Bertz CT molecular complexity index is 720. The molecule has 7 nitrogen and oxygen atoms in total. The number of carbonyl (C=O) groups is 1. The smallest absolute Gasteiger partial charge is 0.332 e. The van der Waals surface area contributed by atoms with Gasteiger partial charge in [-0.15, -0.1) is 0 Å². The molecule has 2 aliphatic rings. The molecule has 1 aliphatic carbocycles. The van der Waals surface area contributed by atoms with Crippen molar-refractivity contribution in [3.8, 4) is 5.75 Å². The first-order valence-electron chi connectivity index (χ1n) is 11.5. The molecule has 0 radical (unpaired) electrons. The molecule has 1 aromatic rings. The van der Waals surface area contributed by atoms with Gasteiger partial charge in [0.1, 0.15) is 25.1 Å². The number of hydrogen-bond donors (Lipinski definition) is 2. The van der Waals surface area contributed by atoms with E-state index in [1.165, 1.54) is 0 Å². The van der Waals surface area contributed by atoms with Gasteiger partial charge in [-0.25, -0.2) is 4.79 Å². The zero-order valence-electron chi connectivity index (χ0n) is 19.0. The number of rotatable bonds is 10. The summed E-state index contributed by atoms with van der Waals surface area (Å²) >= 11 is 0. The number of fused-ring (bicyclic) bond motifs is 1. The van der Waals surface area contributed by atoms with Crippen molar-refractivity contribution in [2.75, 3.05) is 26.4 Å². The van der Waals surface area contributed by atoms with Gasteiger partial charge in [0.05, 0.1) is 31.5 Å². The van der Waals surface area contributed by atoms with E-state index in [0.717, 1.165) is 12.8 Å². The minimum Gasteiger partial charge on any atom is -0.491 e. The Morgan fingerprint density at radius 3 is 2.78 bits per heavy atom. The first-order valence-corrected chi connectivity index (χ1v) is 11.5. The molecule has 0 spiro atoms. The minimum absolute atomic E-state index is 0.00623. The monoisotopic (exact) mass is 448 g/mol. The SMILES string of the molecule is CC(C)OC(=O)COC[C@H]1CC[C@@H]2[C@@H](C=C[C@@H](O)COc3ccccc3)[C@H](O)C[C@@H]2OC1. The van der Waals surface area contributed by atoms with E-state index in [2.05, 4.69) is 0 Å². The molecule has 7 heteroatoms. The normalized spacial score (nSPS) is 29.0. The Kier molecular flexibility index (Phi) is 9.53. The van der Waals surface area contributed by atoms with Gasteiger partial charge in [-0.2, -0.15) is 0 Å². The zero-order chi connectivity index (χ0) is 22.9. The molecule has 1 saturated heterocycles. The highest BCUT2D eigenvalue weighted by Crippen LogP contribution is 2.41. The van der Waals surface area contributed by atoms with E-state index < -0.39 is 12.2 Å². The van der Waals surface area contributed by atoms with Crippen LogP contribution in [0.15, 0.2) is 42.5 Å². The lowest BCUT2D eigenvalue weighted by molar-refractivity contribution is -0.153. The largest absolute Gasteiger partial charge is 0.491 e. The van der Waals surface area contributed by atoms with E-state index in [0.29, 0.717) is 25.4 Å². The minimum atomic E-state index is -0.750. The van der Waals surface area contributed by atoms with E-state index in [1.807, 2.05) is 50.3 Å². The number of aliphatic hydroxyl groups excluding tert-OH is 2. The van der Waals surface area contributed by atoms with Crippen LogP contribution in [-0.4, -0.2) is 67.0 Å². The van der Waals surface area contributed by atoms with Crippen molar-refractivity contribution < 1.29 is 34.0 Å². The summed E-state index contributed by atoms with van der Waals surface area (Å²) in [5.74, 6) is 0.698. The molecule has 6 atom stereocenters. The van der Waals surface area contributed by atoms with Crippen LogP contribution in [0, 0.1) is 17.8 Å². The average Bonchev–Trinajstić information content (AvgIpc) is 2.92. The Balaban J connectivity index is 1.44. The molecule has 32 heavy (non-hydrogen) atoms. The molecule has 2 fully saturated rings. The molecule has 1 heterocycles. The second kappa shape index (κ2) is 12.3. The highest BCUT2D eigenvalue weighted by Gasteiger charge is 2.43. The van der Waals surface area contributed by atoms with Gasteiger partial charge >= 0.3 is 5.97 Å². The van der Waals surface area contributed by atoms with Crippen molar-refractivity contribution in [2.24, 2.45) is 17.8 Å². The van der Waals surface area contributed by atoms with Crippen LogP contribution in [0.25, 0.3) is 0 Å². The van der Waals surface area contributed by atoms with Gasteiger partial charge in [-0.1, -0.05) is 30.4 Å². The van der Waals surface area contributed by atoms with Crippen molar-refractivity contribution >= 4 is 5.97 Å². The standard InChI is InChI=1S/C25H36O7/c1-17(2)32-25(28)16-29-13-18-8-10-22-21(23(27)12-24(22)31-14-18)11-9-19(26)15-30-20-6-4-3-5-7-20/h3-7,9,11,17-19,21-24,26-27H,8,10,12-16H2,1-2H3/t18-,19-,21-,22-,23-,24+/m1/s1. The van der Waals surface area contributed by atoms with Crippen molar-refractivity contribution in [3.05, 3.63) is 42.5 Å². The van der Waals surface area contributed by atoms with Crippen LogP contribution in [0.5, 0.6) is 5.75 Å². The molecule has 0 amide bonds. The number of carbonyl (C=O) groups excluding carboxylic acids is 1. The first-order chi connectivity index (χ1) is 15.4. The Morgan fingerprint density at radius 2 is 2.03 bits per heavy atom. The van der Waals surface area contributed by atoms with Gasteiger partial charge in [0.25, 0.3) is 0 Å². The van der Waals surface area contributed by atoms with Crippen LogP contribution in [0.2, 0.25) is 0 Å². The predicted molar refractivity (Wildman–Crippen MR) is 119 cm³/mol. The lowest BCUT2D eigenvalue weighted by Crippen LogP contribution is -2.22. The van der Waals surface area contributed by atoms with E-state index in [1.54, 1.807) is 6.08 Å². The van der Waals surface area contributed by atoms with Crippen LogP contribution >= 0.6 is 0 Å². The van der Waals surface area contributed by atoms with Gasteiger partial charge in [-0.05, 0) is 44.7 Å². The van der Waals surface area contributed by atoms with Crippen LogP contribution in [0.1, 0.15) is 33.1 Å². The number of hydrogen-bond acceptors (Lipinski definition) is 7. The van der Waals surface area contributed by atoms with E-state index in [9.17, 15) is 15.0 Å². The number of aliphatic hydroxyl groups is 2. The maximum atomic E-state index is 11.6. The highest BCUT2D eigenvalue weighted by molar-refractivity contribution is 5.70. The van der Waals surface area contributed by atoms with Crippen molar-refractivity contribution in [1.29, 1.82) is 0 Å². The lowest BCUT2D eigenvalue weighted by Gasteiger charge is -2.21. The Morgan fingerprint density at radius 1 is 1.25 bits per heavy atom. The van der Waals surface area contributed by atoms with Crippen LogP contribution in [-0.2, 0) is 19.0 Å². The van der Waals surface area contributed by atoms with E-state index in [4.69, 9.17) is 18.9 Å². The Hall–Kier alpha value is -1.93. The molecule has 0 aromatic heterocycles. The van der Waals surface area contributed by atoms with E-state index >= 15 is 0 Å². The quantitative estimate of drug-likeness (QED) is 0.420. The topological polar surface area (TPSA) is 94.5 Å². The van der Waals surface area contributed by atoms with Crippen molar-refractivity contribution in [1.82, 2.24) is 0 Å². The second-order valence-electron chi connectivity index (χ2n) is 8.99. The number of para-hydroxylation sites is 1. The summed E-state index contributed by atoms with van der Waals surface area (Å²) < 4.78 is 22.3. The molecule has 178 valence electrons. The summed E-state index contributed by atoms with van der Waals surface area (Å²) in [6.45, 7) is 4.73. The summed E-state index contributed by atoms with van der Waals surface area (Å²) in [5, 5.41) is 20.8. The third-order valence-corrected chi connectivity index (χ3v) is 6.00. The zero-order valence-corrected chi connectivity index (χ0v) is 19.0. The first kappa shape index (κ1) is 24.7. The van der Waals surface area contributed by atoms with Crippen LogP contribution in [0.3, 0.4) is 0 Å². The summed E-state index contributed by atoms with van der Waals surface area (Å²) in [5.41, 5.74) is 0. The molecule has 1 aromatic carbocycles. The molecule has 3 rings (SSSR count). The fraction of sp³-hybridized carbons (Fsp3) is 0.640. The lowest BCUT2D eigenvalue weighted by atomic mass is 9.87. The summed E-state index contributed by atoms with van der Waals surface area (Å²) in [6.07, 6.45) is 4.63. The third kappa shape index (κ3) is 7.59.